The highest BCUT2D eigenvalue weighted by atomic mass is 35.5. The van der Waals surface area contributed by atoms with Gasteiger partial charge in [-0.2, -0.15) is 4.31 Å². The molecule has 0 amide bonds. The van der Waals surface area contributed by atoms with Gasteiger partial charge < -0.3 is 15.2 Å². The number of sulfonamides is 1. The van der Waals surface area contributed by atoms with Crippen molar-refractivity contribution in [2.75, 3.05) is 27.3 Å². The number of nitrogens with zero attached hydrogens (tertiary/aromatic N) is 1. The van der Waals surface area contributed by atoms with Crippen molar-refractivity contribution in [2.24, 2.45) is 11.7 Å². The van der Waals surface area contributed by atoms with Gasteiger partial charge in [-0.05, 0) is 31.4 Å². The fraction of sp³-hybridized carbons (Fsp3) is 0.571. The molecule has 2 unspecified atom stereocenters. The Labute approximate surface area is 138 Å². The molecule has 1 aliphatic rings. The summed E-state index contributed by atoms with van der Waals surface area (Å²) in [6, 6.07) is 4.75. The van der Waals surface area contributed by atoms with Crippen molar-refractivity contribution in [3.8, 4) is 11.5 Å². The standard InChI is InChI=1S/C14H22N2O4S.ClH/c1-10(15)11-6-7-16(9-11)21(17,18)14-8-12(19-2)4-5-13(14)20-3;/h4-5,8,10-11H,6-7,9,15H2,1-3H3;1H. The van der Waals surface area contributed by atoms with Crippen molar-refractivity contribution >= 4 is 22.4 Å². The molecule has 1 heterocycles. The van der Waals surface area contributed by atoms with E-state index in [1.807, 2.05) is 6.92 Å². The van der Waals surface area contributed by atoms with Gasteiger partial charge in [-0.3, -0.25) is 0 Å². The van der Waals surface area contributed by atoms with E-state index in [-0.39, 0.29) is 29.3 Å². The Kier molecular flexibility index (Phi) is 6.49. The Bertz CT molecular complexity index is 607. The normalized spacial score (nSPS) is 20.3. The fourth-order valence-corrected chi connectivity index (χ4v) is 4.21. The van der Waals surface area contributed by atoms with Gasteiger partial charge >= 0.3 is 0 Å². The minimum atomic E-state index is -3.61. The first-order chi connectivity index (χ1) is 9.90. The maximum atomic E-state index is 12.8. The molecule has 2 rings (SSSR count). The van der Waals surface area contributed by atoms with E-state index >= 15 is 0 Å². The second kappa shape index (κ2) is 7.50. The minimum absolute atomic E-state index is 0. The molecule has 2 atom stereocenters. The first-order valence-electron chi connectivity index (χ1n) is 6.88. The third kappa shape index (κ3) is 3.65. The summed E-state index contributed by atoms with van der Waals surface area (Å²) in [5, 5.41) is 0. The molecule has 126 valence electrons. The van der Waals surface area contributed by atoms with Gasteiger partial charge in [0, 0.05) is 25.2 Å². The number of ether oxygens (including phenoxy) is 2. The van der Waals surface area contributed by atoms with Gasteiger partial charge in [0.2, 0.25) is 10.0 Å². The van der Waals surface area contributed by atoms with E-state index < -0.39 is 10.0 Å². The average Bonchev–Trinajstić information content (AvgIpc) is 2.97. The van der Waals surface area contributed by atoms with Gasteiger partial charge in [0.15, 0.2) is 0 Å². The number of hydrogen-bond donors (Lipinski definition) is 1. The van der Waals surface area contributed by atoms with Crippen LogP contribution in [0.5, 0.6) is 11.5 Å². The van der Waals surface area contributed by atoms with Gasteiger partial charge in [0.05, 0.1) is 14.2 Å². The van der Waals surface area contributed by atoms with Crippen LogP contribution in [-0.2, 0) is 10.0 Å². The molecule has 1 fully saturated rings. The maximum Gasteiger partial charge on any atom is 0.246 e. The number of benzene rings is 1. The molecule has 0 bridgehead atoms. The predicted octanol–water partition coefficient (Wildman–Crippen LogP) is 1.48. The zero-order chi connectivity index (χ0) is 15.6. The summed E-state index contributed by atoms with van der Waals surface area (Å²) in [4.78, 5) is 0.134. The molecule has 1 aromatic rings. The van der Waals surface area contributed by atoms with Gasteiger partial charge in [-0.1, -0.05) is 0 Å². The van der Waals surface area contributed by atoms with E-state index in [4.69, 9.17) is 15.2 Å². The van der Waals surface area contributed by atoms with E-state index in [1.165, 1.54) is 24.6 Å². The summed E-state index contributed by atoms with van der Waals surface area (Å²) in [6.07, 6.45) is 0.781. The Morgan fingerprint density at radius 3 is 2.50 bits per heavy atom. The highest BCUT2D eigenvalue weighted by Gasteiger charge is 2.35. The zero-order valence-electron chi connectivity index (χ0n) is 13.0. The summed E-state index contributed by atoms with van der Waals surface area (Å²) in [6.45, 7) is 2.84. The summed E-state index contributed by atoms with van der Waals surface area (Å²) < 4.78 is 37.4. The van der Waals surface area contributed by atoms with Crippen molar-refractivity contribution < 1.29 is 17.9 Å². The van der Waals surface area contributed by atoms with Crippen LogP contribution in [0.3, 0.4) is 0 Å². The van der Waals surface area contributed by atoms with Gasteiger partial charge in [-0.15, -0.1) is 12.4 Å². The Morgan fingerprint density at radius 1 is 1.32 bits per heavy atom. The van der Waals surface area contributed by atoms with Gasteiger partial charge in [0.25, 0.3) is 0 Å². The lowest BCUT2D eigenvalue weighted by Crippen LogP contribution is -2.33. The topological polar surface area (TPSA) is 81.9 Å². The molecule has 1 aliphatic heterocycles. The van der Waals surface area contributed by atoms with Crippen molar-refractivity contribution in [3.63, 3.8) is 0 Å². The van der Waals surface area contributed by atoms with Crippen LogP contribution in [0.25, 0.3) is 0 Å². The fourth-order valence-electron chi connectivity index (χ4n) is 2.53. The molecule has 6 nitrogen and oxygen atoms in total. The number of methoxy groups -OCH3 is 2. The van der Waals surface area contributed by atoms with Gasteiger partial charge in [0.1, 0.15) is 16.4 Å². The summed E-state index contributed by atoms with van der Waals surface area (Å²) in [5.41, 5.74) is 5.88. The van der Waals surface area contributed by atoms with E-state index in [0.29, 0.717) is 24.6 Å². The van der Waals surface area contributed by atoms with Crippen molar-refractivity contribution in [3.05, 3.63) is 18.2 Å². The molecule has 0 radical (unpaired) electrons. The van der Waals surface area contributed by atoms with Crippen LogP contribution < -0.4 is 15.2 Å². The molecule has 2 N–H and O–H groups in total. The monoisotopic (exact) mass is 350 g/mol. The van der Waals surface area contributed by atoms with E-state index in [1.54, 1.807) is 12.1 Å². The highest BCUT2D eigenvalue weighted by molar-refractivity contribution is 7.89. The van der Waals surface area contributed by atoms with Crippen molar-refractivity contribution in [1.82, 2.24) is 4.31 Å². The first-order valence-corrected chi connectivity index (χ1v) is 8.32. The second-order valence-corrected chi connectivity index (χ2v) is 7.19. The number of nitrogens with two attached hydrogens (primary N) is 1. The average molecular weight is 351 g/mol. The van der Waals surface area contributed by atoms with Crippen LogP contribution >= 0.6 is 12.4 Å². The molecule has 0 aliphatic carbocycles. The Morgan fingerprint density at radius 2 is 2.00 bits per heavy atom. The number of rotatable bonds is 5. The molecular formula is C14H23ClN2O4S. The van der Waals surface area contributed by atoms with Crippen LogP contribution in [-0.4, -0.2) is 46.1 Å². The lowest BCUT2D eigenvalue weighted by Gasteiger charge is -2.20. The lowest BCUT2D eigenvalue weighted by molar-refractivity contribution is 0.386. The quantitative estimate of drug-likeness (QED) is 0.869. The molecule has 0 spiro atoms. The van der Waals surface area contributed by atoms with Crippen molar-refractivity contribution in [1.29, 1.82) is 0 Å². The highest BCUT2D eigenvalue weighted by Crippen LogP contribution is 2.33. The molecule has 22 heavy (non-hydrogen) atoms. The first kappa shape index (κ1) is 19.0. The molecule has 8 heteroatoms. The van der Waals surface area contributed by atoms with Crippen molar-refractivity contribution in [2.45, 2.75) is 24.3 Å². The summed E-state index contributed by atoms with van der Waals surface area (Å²) in [7, 11) is -0.654. The van der Waals surface area contributed by atoms with Crippen LogP contribution in [0, 0.1) is 5.92 Å². The van der Waals surface area contributed by atoms with Crippen LogP contribution in [0.1, 0.15) is 13.3 Å². The largest absolute Gasteiger partial charge is 0.497 e. The summed E-state index contributed by atoms with van der Waals surface area (Å²) >= 11 is 0. The van der Waals surface area contributed by atoms with E-state index in [0.717, 1.165) is 6.42 Å². The number of halogens is 1. The molecule has 1 saturated heterocycles. The van der Waals surface area contributed by atoms with E-state index in [9.17, 15) is 8.42 Å². The zero-order valence-corrected chi connectivity index (χ0v) is 14.6. The SMILES string of the molecule is COc1ccc(OC)c(S(=O)(=O)N2CCC(C(C)N)C2)c1.Cl. The lowest BCUT2D eigenvalue weighted by atomic mass is 10.0. The smallest absolute Gasteiger partial charge is 0.246 e. The second-order valence-electron chi connectivity index (χ2n) is 5.29. The third-order valence-electron chi connectivity index (χ3n) is 3.92. The molecule has 0 aromatic heterocycles. The Hall–Kier alpha value is -1.02. The summed E-state index contributed by atoms with van der Waals surface area (Å²) in [5.74, 6) is 0.994. The molecule has 1 aromatic carbocycles. The Balaban J connectivity index is 0.00000242. The predicted molar refractivity (Wildman–Crippen MR) is 87.3 cm³/mol. The maximum absolute atomic E-state index is 12.8. The number of hydrogen-bond acceptors (Lipinski definition) is 5. The minimum Gasteiger partial charge on any atom is -0.497 e. The molecule has 0 saturated carbocycles. The third-order valence-corrected chi connectivity index (χ3v) is 5.81. The van der Waals surface area contributed by atoms with Gasteiger partial charge in [-0.25, -0.2) is 8.42 Å². The molecular weight excluding hydrogens is 328 g/mol. The van der Waals surface area contributed by atoms with Crippen LogP contribution in [0.15, 0.2) is 23.1 Å². The van der Waals surface area contributed by atoms with E-state index in [2.05, 4.69) is 0 Å². The van der Waals surface area contributed by atoms with Crippen LogP contribution in [0.2, 0.25) is 0 Å². The van der Waals surface area contributed by atoms with Crippen LogP contribution in [0.4, 0.5) is 0 Å².